The van der Waals surface area contributed by atoms with Crippen molar-refractivity contribution in [2.24, 2.45) is 11.8 Å². The lowest BCUT2D eigenvalue weighted by molar-refractivity contribution is 0.277. The van der Waals surface area contributed by atoms with E-state index in [4.69, 9.17) is 10.6 Å². The second kappa shape index (κ2) is 5.32. The van der Waals surface area contributed by atoms with Gasteiger partial charge in [0.15, 0.2) is 0 Å². The van der Waals surface area contributed by atoms with Crippen LogP contribution in [0.25, 0.3) is 0 Å². The summed E-state index contributed by atoms with van der Waals surface area (Å²) in [6.45, 7) is 2.80. The molecule has 3 N–H and O–H groups in total. The highest BCUT2D eigenvalue weighted by atomic mass is 16.5. The molecule has 0 spiro atoms. The third-order valence-corrected chi connectivity index (χ3v) is 3.09. The Morgan fingerprint density at radius 3 is 2.94 bits per heavy atom. The van der Waals surface area contributed by atoms with Gasteiger partial charge in [0.1, 0.15) is 5.75 Å². The monoisotopic (exact) mass is 220 g/mol. The number of aryl methyl sites for hydroxylation is 1. The lowest BCUT2D eigenvalue weighted by Crippen LogP contribution is -2.37. The normalized spacial score (nSPS) is 17.1. The summed E-state index contributed by atoms with van der Waals surface area (Å²) in [5.41, 5.74) is 4.11. The molecule has 1 saturated carbocycles. The average molecular weight is 220 g/mol. The van der Waals surface area contributed by atoms with Crippen molar-refractivity contribution in [1.82, 2.24) is 5.43 Å². The molecule has 0 radical (unpaired) electrons. The van der Waals surface area contributed by atoms with Crippen LogP contribution in [0.5, 0.6) is 5.75 Å². The molecule has 16 heavy (non-hydrogen) atoms. The van der Waals surface area contributed by atoms with Gasteiger partial charge in [-0.25, -0.2) is 0 Å². The van der Waals surface area contributed by atoms with Gasteiger partial charge in [0.25, 0.3) is 0 Å². The zero-order valence-electron chi connectivity index (χ0n) is 9.78. The van der Waals surface area contributed by atoms with Crippen LogP contribution >= 0.6 is 0 Å². The SMILES string of the molecule is Cc1cccc(OCCC(NN)C2CC2)c1. The Kier molecular flexibility index (Phi) is 3.80. The summed E-state index contributed by atoms with van der Waals surface area (Å²) in [4.78, 5) is 0. The van der Waals surface area contributed by atoms with Gasteiger partial charge in [0.2, 0.25) is 0 Å². The highest BCUT2D eigenvalue weighted by Crippen LogP contribution is 2.33. The molecule has 0 saturated heterocycles. The quantitative estimate of drug-likeness (QED) is 0.569. The summed E-state index contributed by atoms with van der Waals surface area (Å²) >= 11 is 0. The number of rotatable bonds is 6. The summed E-state index contributed by atoms with van der Waals surface area (Å²) in [5, 5.41) is 0. The van der Waals surface area contributed by atoms with Crippen LogP contribution in [0.4, 0.5) is 0 Å². The predicted octanol–water partition coefficient (Wildman–Crippen LogP) is 2.01. The molecule has 1 aliphatic rings. The maximum Gasteiger partial charge on any atom is 0.119 e. The average Bonchev–Trinajstić information content (AvgIpc) is 3.08. The van der Waals surface area contributed by atoms with E-state index in [1.807, 2.05) is 12.1 Å². The van der Waals surface area contributed by atoms with Crippen molar-refractivity contribution in [1.29, 1.82) is 0 Å². The highest BCUT2D eigenvalue weighted by molar-refractivity contribution is 5.27. The van der Waals surface area contributed by atoms with Gasteiger partial charge in [-0.3, -0.25) is 11.3 Å². The maximum absolute atomic E-state index is 5.70. The van der Waals surface area contributed by atoms with E-state index in [0.29, 0.717) is 6.04 Å². The Morgan fingerprint density at radius 1 is 1.50 bits per heavy atom. The van der Waals surface area contributed by atoms with Crippen LogP contribution in [-0.4, -0.2) is 12.6 Å². The lowest BCUT2D eigenvalue weighted by atomic mass is 10.1. The second-order valence-corrected chi connectivity index (χ2v) is 4.56. The van der Waals surface area contributed by atoms with Crippen LogP contribution in [0.3, 0.4) is 0 Å². The molecule has 3 heteroatoms. The van der Waals surface area contributed by atoms with E-state index in [1.54, 1.807) is 0 Å². The summed E-state index contributed by atoms with van der Waals surface area (Å²) in [5.74, 6) is 7.23. The first-order chi connectivity index (χ1) is 7.79. The maximum atomic E-state index is 5.70. The molecular formula is C13H20N2O. The van der Waals surface area contributed by atoms with Crippen molar-refractivity contribution < 1.29 is 4.74 Å². The van der Waals surface area contributed by atoms with Crippen LogP contribution in [0.15, 0.2) is 24.3 Å². The molecule has 1 aromatic carbocycles. The zero-order chi connectivity index (χ0) is 11.4. The van der Waals surface area contributed by atoms with Crippen molar-refractivity contribution in [3.63, 3.8) is 0 Å². The topological polar surface area (TPSA) is 47.3 Å². The van der Waals surface area contributed by atoms with Gasteiger partial charge < -0.3 is 4.74 Å². The van der Waals surface area contributed by atoms with Crippen LogP contribution in [0, 0.1) is 12.8 Å². The van der Waals surface area contributed by atoms with Gasteiger partial charge in [0.05, 0.1) is 6.61 Å². The van der Waals surface area contributed by atoms with Gasteiger partial charge in [-0.15, -0.1) is 0 Å². The minimum Gasteiger partial charge on any atom is -0.494 e. The van der Waals surface area contributed by atoms with Gasteiger partial charge in [0, 0.05) is 6.04 Å². The molecule has 2 rings (SSSR count). The first-order valence-electron chi connectivity index (χ1n) is 5.95. The smallest absolute Gasteiger partial charge is 0.119 e. The molecule has 0 bridgehead atoms. The fraction of sp³-hybridized carbons (Fsp3) is 0.538. The molecule has 3 nitrogen and oxygen atoms in total. The van der Waals surface area contributed by atoms with E-state index >= 15 is 0 Å². The molecule has 88 valence electrons. The first-order valence-corrected chi connectivity index (χ1v) is 5.95. The van der Waals surface area contributed by atoms with Gasteiger partial charge in [-0.1, -0.05) is 12.1 Å². The van der Waals surface area contributed by atoms with Crippen molar-refractivity contribution in [3.8, 4) is 5.75 Å². The van der Waals surface area contributed by atoms with Crippen LogP contribution in [0.1, 0.15) is 24.8 Å². The van der Waals surface area contributed by atoms with Crippen molar-refractivity contribution in [3.05, 3.63) is 29.8 Å². The molecule has 0 amide bonds. The lowest BCUT2D eigenvalue weighted by Gasteiger charge is -2.15. The fourth-order valence-corrected chi connectivity index (χ4v) is 1.96. The Bertz CT molecular complexity index is 336. The van der Waals surface area contributed by atoms with Gasteiger partial charge >= 0.3 is 0 Å². The van der Waals surface area contributed by atoms with E-state index in [9.17, 15) is 0 Å². The molecule has 1 aliphatic carbocycles. The summed E-state index contributed by atoms with van der Waals surface area (Å²) in [6.07, 6.45) is 3.59. The Balaban J connectivity index is 1.74. The van der Waals surface area contributed by atoms with Crippen LogP contribution in [-0.2, 0) is 0 Å². The van der Waals surface area contributed by atoms with E-state index in [2.05, 4.69) is 24.5 Å². The third-order valence-electron chi connectivity index (χ3n) is 3.09. The third kappa shape index (κ3) is 3.22. The predicted molar refractivity (Wildman–Crippen MR) is 65.1 cm³/mol. The van der Waals surface area contributed by atoms with Crippen LogP contribution < -0.4 is 16.0 Å². The molecule has 0 aromatic heterocycles. The Labute approximate surface area is 97.0 Å². The molecule has 1 aromatic rings. The van der Waals surface area contributed by atoms with E-state index < -0.39 is 0 Å². The molecular weight excluding hydrogens is 200 g/mol. The van der Waals surface area contributed by atoms with Crippen molar-refractivity contribution in [2.45, 2.75) is 32.2 Å². The molecule has 0 heterocycles. The summed E-state index contributed by atoms with van der Waals surface area (Å²) in [6, 6.07) is 8.56. The Hall–Kier alpha value is -1.06. The number of hydrogen-bond acceptors (Lipinski definition) is 3. The van der Waals surface area contributed by atoms with Gasteiger partial charge in [-0.2, -0.15) is 0 Å². The minimum atomic E-state index is 0.421. The van der Waals surface area contributed by atoms with Crippen molar-refractivity contribution >= 4 is 0 Å². The summed E-state index contributed by atoms with van der Waals surface area (Å²) in [7, 11) is 0. The molecule has 1 atom stereocenters. The number of benzene rings is 1. The minimum absolute atomic E-state index is 0.421. The Morgan fingerprint density at radius 2 is 2.31 bits per heavy atom. The first kappa shape index (κ1) is 11.4. The summed E-state index contributed by atoms with van der Waals surface area (Å²) < 4.78 is 5.70. The molecule has 1 fully saturated rings. The number of ether oxygens (including phenoxy) is 1. The number of hydrazine groups is 1. The fourth-order valence-electron chi connectivity index (χ4n) is 1.96. The zero-order valence-corrected chi connectivity index (χ0v) is 9.78. The van der Waals surface area contributed by atoms with Crippen LogP contribution in [0.2, 0.25) is 0 Å². The van der Waals surface area contributed by atoms with E-state index in [0.717, 1.165) is 24.7 Å². The van der Waals surface area contributed by atoms with Crippen molar-refractivity contribution in [2.75, 3.05) is 6.61 Å². The van der Waals surface area contributed by atoms with E-state index in [1.165, 1.54) is 18.4 Å². The standard InChI is InChI=1S/C13H20N2O/c1-10-3-2-4-12(9-10)16-8-7-13(15-14)11-5-6-11/h2-4,9,11,13,15H,5-8,14H2,1H3. The van der Waals surface area contributed by atoms with E-state index in [-0.39, 0.29) is 0 Å². The highest BCUT2D eigenvalue weighted by Gasteiger charge is 2.30. The molecule has 1 unspecified atom stereocenters. The number of nitrogens with two attached hydrogens (primary N) is 1. The van der Waals surface area contributed by atoms with Gasteiger partial charge in [-0.05, 0) is 49.8 Å². The number of hydrogen-bond donors (Lipinski definition) is 2. The number of nitrogens with one attached hydrogen (secondary N) is 1. The largest absolute Gasteiger partial charge is 0.494 e. The molecule has 0 aliphatic heterocycles. The second-order valence-electron chi connectivity index (χ2n) is 4.56.